The van der Waals surface area contributed by atoms with Crippen molar-refractivity contribution in [3.63, 3.8) is 0 Å². The second kappa shape index (κ2) is 3.35. The third-order valence-corrected chi connectivity index (χ3v) is 2.83. The first-order chi connectivity index (χ1) is 7.62. The van der Waals surface area contributed by atoms with Gasteiger partial charge in [-0.25, -0.2) is 9.59 Å². The van der Waals surface area contributed by atoms with Crippen molar-refractivity contribution in [3.8, 4) is 0 Å². The normalized spacial score (nSPS) is 36.1. The summed E-state index contributed by atoms with van der Waals surface area (Å²) in [5.41, 5.74) is -1.84. The minimum absolute atomic E-state index is 0.190. The van der Waals surface area contributed by atoms with Gasteiger partial charge in [-0.15, -0.1) is 0 Å². The summed E-state index contributed by atoms with van der Waals surface area (Å²) < 4.78 is 10.1. The standard InChI is InChI=1S/C11H17NO5/c1-10(2,3)17-9(14)12-6-5-11(4,15)8(12)16-7(6)13/h6,8,15H,5H2,1-4H3. The van der Waals surface area contributed by atoms with Gasteiger partial charge in [0, 0.05) is 6.42 Å². The van der Waals surface area contributed by atoms with E-state index in [9.17, 15) is 14.7 Å². The lowest BCUT2D eigenvalue weighted by Gasteiger charge is -2.28. The van der Waals surface area contributed by atoms with Crippen LogP contribution in [0.3, 0.4) is 0 Å². The summed E-state index contributed by atoms with van der Waals surface area (Å²) in [5, 5.41) is 9.99. The zero-order valence-corrected chi connectivity index (χ0v) is 10.4. The van der Waals surface area contributed by atoms with Crippen molar-refractivity contribution in [2.45, 2.75) is 57.6 Å². The van der Waals surface area contributed by atoms with Crippen LogP contribution < -0.4 is 0 Å². The fourth-order valence-corrected chi connectivity index (χ4v) is 2.16. The maximum Gasteiger partial charge on any atom is 0.414 e. The predicted octanol–water partition coefficient (Wildman–Crippen LogP) is 0.630. The number of aliphatic hydroxyl groups is 1. The molecule has 96 valence electrons. The summed E-state index contributed by atoms with van der Waals surface area (Å²) in [7, 11) is 0. The van der Waals surface area contributed by atoms with Crippen LogP contribution in [0.1, 0.15) is 34.1 Å². The minimum Gasteiger partial charge on any atom is -0.444 e. The van der Waals surface area contributed by atoms with Crippen molar-refractivity contribution >= 4 is 12.1 Å². The first kappa shape index (κ1) is 12.2. The second-order valence-electron chi connectivity index (χ2n) is 5.75. The molecule has 2 saturated heterocycles. The zero-order chi connectivity index (χ0) is 13.0. The highest BCUT2D eigenvalue weighted by molar-refractivity contribution is 5.86. The largest absolute Gasteiger partial charge is 0.444 e. The molecule has 0 saturated carbocycles. The second-order valence-corrected chi connectivity index (χ2v) is 5.75. The molecule has 3 atom stereocenters. The number of ether oxygens (including phenoxy) is 2. The van der Waals surface area contributed by atoms with Crippen LogP contribution in [0.25, 0.3) is 0 Å². The molecule has 0 radical (unpaired) electrons. The van der Waals surface area contributed by atoms with Crippen LogP contribution in [-0.4, -0.2) is 45.5 Å². The van der Waals surface area contributed by atoms with E-state index >= 15 is 0 Å². The van der Waals surface area contributed by atoms with Gasteiger partial charge in [0.1, 0.15) is 17.2 Å². The van der Waals surface area contributed by atoms with Crippen molar-refractivity contribution < 1.29 is 24.2 Å². The van der Waals surface area contributed by atoms with Gasteiger partial charge < -0.3 is 14.6 Å². The Morgan fingerprint density at radius 3 is 2.59 bits per heavy atom. The lowest BCUT2D eigenvalue weighted by Crippen LogP contribution is -2.45. The third-order valence-electron chi connectivity index (χ3n) is 2.83. The highest BCUT2D eigenvalue weighted by atomic mass is 16.6. The first-order valence-corrected chi connectivity index (χ1v) is 5.56. The Hall–Kier alpha value is -1.30. The van der Waals surface area contributed by atoms with Crippen LogP contribution in [0.2, 0.25) is 0 Å². The molecule has 0 aromatic rings. The highest BCUT2D eigenvalue weighted by Gasteiger charge is 2.62. The Labute approximate surface area is 99.5 Å². The zero-order valence-electron chi connectivity index (χ0n) is 10.4. The number of carbonyl (C=O) groups excluding carboxylic acids is 2. The van der Waals surface area contributed by atoms with Gasteiger partial charge >= 0.3 is 12.1 Å². The van der Waals surface area contributed by atoms with Crippen molar-refractivity contribution in [1.29, 1.82) is 0 Å². The van der Waals surface area contributed by atoms with E-state index in [-0.39, 0.29) is 6.42 Å². The summed E-state index contributed by atoms with van der Waals surface area (Å²) in [5.74, 6) is -0.479. The van der Waals surface area contributed by atoms with Crippen LogP contribution in [0.15, 0.2) is 0 Å². The average molecular weight is 243 g/mol. The number of rotatable bonds is 0. The Bertz CT molecular complexity index is 371. The van der Waals surface area contributed by atoms with Gasteiger partial charge in [0.2, 0.25) is 6.23 Å². The van der Waals surface area contributed by atoms with Gasteiger partial charge in [0.25, 0.3) is 0 Å². The molecule has 0 aromatic carbocycles. The van der Waals surface area contributed by atoms with Gasteiger partial charge in [-0.05, 0) is 27.7 Å². The molecule has 6 nitrogen and oxygen atoms in total. The van der Waals surface area contributed by atoms with E-state index in [1.54, 1.807) is 27.7 Å². The van der Waals surface area contributed by atoms with Gasteiger partial charge in [0.15, 0.2) is 0 Å². The van der Waals surface area contributed by atoms with Crippen molar-refractivity contribution in [2.24, 2.45) is 0 Å². The molecule has 2 heterocycles. The van der Waals surface area contributed by atoms with E-state index in [0.29, 0.717) is 0 Å². The molecule has 0 spiro atoms. The molecular weight excluding hydrogens is 226 g/mol. The Morgan fingerprint density at radius 2 is 2.18 bits per heavy atom. The van der Waals surface area contributed by atoms with Crippen molar-refractivity contribution in [1.82, 2.24) is 4.90 Å². The molecule has 2 aliphatic rings. The van der Waals surface area contributed by atoms with Gasteiger partial charge in [-0.1, -0.05) is 0 Å². The Kier molecular flexibility index (Phi) is 2.40. The predicted molar refractivity (Wildman–Crippen MR) is 57.0 cm³/mol. The minimum atomic E-state index is -1.20. The third kappa shape index (κ3) is 1.97. The van der Waals surface area contributed by atoms with E-state index in [4.69, 9.17) is 9.47 Å². The molecule has 2 aliphatic heterocycles. The number of amides is 1. The van der Waals surface area contributed by atoms with E-state index < -0.39 is 35.5 Å². The van der Waals surface area contributed by atoms with Gasteiger partial charge in [-0.3, -0.25) is 4.90 Å². The maximum atomic E-state index is 11.9. The smallest absolute Gasteiger partial charge is 0.414 e. The van der Waals surface area contributed by atoms with Crippen LogP contribution >= 0.6 is 0 Å². The lowest BCUT2D eigenvalue weighted by atomic mass is 9.99. The molecule has 1 amide bonds. The molecular formula is C11H17NO5. The number of hydrogen-bond acceptors (Lipinski definition) is 5. The molecule has 3 unspecified atom stereocenters. The topological polar surface area (TPSA) is 76.1 Å². The van der Waals surface area contributed by atoms with Crippen molar-refractivity contribution in [3.05, 3.63) is 0 Å². The molecule has 2 fully saturated rings. The summed E-state index contributed by atoms with van der Waals surface area (Å²) in [6, 6.07) is -0.732. The summed E-state index contributed by atoms with van der Waals surface area (Å²) in [4.78, 5) is 24.5. The molecule has 2 bridgehead atoms. The molecule has 1 N–H and O–H groups in total. The maximum absolute atomic E-state index is 11.9. The summed E-state index contributed by atoms with van der Waals surface area (Å²) >= 11 is 0. The van der Waals surface area contributed by atoms with E-state index in [0.717, 1.165) is 0 Å². The highest BCUT2D eigenvalue weighted by Crippen LogP contribution is 2.41. The fraction of sp³-hybridized carbons (Fsp3) is 0.818. The Morgan fingerprint density at radius 1 is 1.59 bits per heavy atom. The first-order valence-electron chi connectivity index (χ1n) is 5.56. The summed E-state index contributed by atoms with van der Waals surface area (Å²) in [6.45, 7) is 6.76. The quantitative estimate of drug-likeness (QED) is 0.631. The molecule has 6 heteroatoms. The molecule has 0 aliphatic carbocycles. The van der Waals surface area contributed by atoms with Crippen LogP contribution in [0.4, 0.5) is 4.79 Å². The number of hydrogen-bond donors (Lipinski definition) is 1. The SMILES string of the molecule is CC(C)(C)OC(=O)N1C2CC(C)(O)C1OC2=O. The van der Waals surface area contributed by atoms with Crippen LogP contribution in [-0.2, 0) is 14.3 Å². The molecule has 2 rings (SSSR count). The van der Waals surface area contributed by atoms with Crippen molar-refractivity contribution in [2.75, 3.05) is 0 Å². The summed E-state index contributed by atoms with van der Waals surface area (Å²) in [6.07, 6.45) is -1.37. The Balaban J connectivity index is 2.18. The number of esters is 1. The van der Waals surface area contributed by atoms with Gasteiger partial charge in [0.05, 0.1) is 0 Å². The number of fused-ring (bicyclic) bond motifs is 2. The van der Waals surface area contributed by atoms with Gasteiger partial charge in [-0.2, -0.15) is 0 Å². The number of carbonyl (C=O) groups is 2. The molecule has 0 aromatic heterocycles. The molecule has 17 heavy (non-hydrogen) atoms. The monoisotopic (exact) mass is 243 g/mol. The number of nitrogens with zero attached hydrogens (tertiary/aromatic N) is 1. The van der Waals surface area contributed by atoms with E-state index in [1.165, 1.54) is 4.90 Å². The fourth-order valence-electron chi connectivity index (χ4n) is 2.16. The van der Waals surface area contributed by atoms with Crippen LogP contribution in [0.5, 0.6) is 0 Å². The van der Waals surface area contributed by atoms with E-state index in [1.807, 2.05) is 0 Å². The lowest BCUT2D eigenvalue weighted by molar-refractivity contribution is -0.163. The average Bonchev–Trinajstić information content (AvgIpc) is 2.51. The van der Waals surface area contributed by atoms with Crippen LogP contribution in [0, 0.1) is 0 Å². The van der Waals surface area contributed by atoms with E-state index in [2.05, 4.69) is 0 Å².